The van der Waals surface area contributed by atoms with Crippen LogP contribution in [-0.2, 0) is 9.84 Å². The molecule has 0 aliphatic heterocycles. The van der Waals surface area contributed by atoms with Crippen molar-refractivity contribution < 1.29 is 12.8 Å². The van der Waals surface area contributed by atoms with E-state index >= 15 is 0 Å². The summed E-state index contributed by atoms with van der Waals surface area (Å²) in [6.45, 7) is 1.41. The first-order valence-corrected chi connectivity index (χ1v) is 6.51. The second-order valence-corrected chi connectivity index (χ2v) is 5.88. The zero-order chi connectivity index (χ0) is 12.3. The first-order valence-electron chi connectivity index (χ1n) is 4.43. The van der Waals surface area contributed by atoms with Gasteiger partial charge in [0.2, 0.25) is 0 Å². The molecule has 1 aromatic carbocycles. The van der Waals surface area contributed by atoms with Crippen LogP contribution in [0.4, 0.5) is 4.39 Å². The molecule has 0 amide bonds. The van der Waals surface area contributed by atoms with Crippen LogP contribution in [0.15, 0.2) is 23.1 Å². The predicted octanol–water partition coefficient (Wildman–Crippen LogP) is 2.10. The largest absolute Gasteiger partial charge is 0.223 e. The van der Waals surface area contributed by atoms with Crippen LogP contribution in [0.3, 0.4) is 0 Å². The Hall–Kier alpha value is -1.12. The van der Waals surface area contributed by atoms with E-state index in [2.05, 4.69) is 0 Å². The van der Waals surface area contributed by atoms with Crippen LogP contribution in [0, 0.1) is 17.1 Å². The number of nitriles is 1. The molecule has 1 aromatic rings. The topological polar surface area (TPSA) is 57.9 Å². The van der Waals surface area contributed by atoms with Gasteiger partial charge in [-0.3, -0.25) is 0 Å². The number of hydrogen-bond acceptors (Lipinski definition) is 3. The number of sulfone groups is 1. The van der Waals surface area contributed by atoms with E-state index < -0.39 is 26.5 Å². The van der Waals surface area contributed by atoms with Gasteiger partial charge in [-0.1, -0.05) is 6.07 Å². The summed E-state index contributed by atoms with van der Waals surface area (Å²) < 4.78 is 37.0. The van der Waals surface area contributed by atoms with Gasteiger partial charge < -0.3 is 0 Å². The molecule has 0 bridgehead atoms. The Morgan fingerprint density at radius 1 is 1.56 bits per heavy atom. The molecule has 0 N–H and O–H groups in total. The van der Waals surface area contributed by atoms with Crippen LogP contribution in [-0.4, -0.2) is 19.5 Å². The third-order valence-electron chi connectivity index (χ3n) is 2.14. The lowest BCUT2D eigenvalue weighted by Gasteiger charge is -2.11. The van der Waals surface area contributed by atoms with Gasteiger partial charge in [-0.05, 0) is 19.1 Å². The molecule has 1 atom stereocenters. The number of halogens is 2. The lowest BCUT2D eigenvalue weighted by Crippen LogP contribution is -2.20. The Labute approximate surface area is 98.4 Å². The average Bonchev–Trinajstić information content (AvgIpc) is 2.27. The van der Waals surface area contributed by atoms with Crippen molar-refractivity contribution in [2.24, 2.45) is 0 Å². The Kier molecular flexibility index (Phi) is 3.89. The van der Waals surface area contributed by atoms with E-state index in [0.717, 1.165) is 6.07 Å². The lowest BCUT2D eigenvalue weighted by molar-refractivity contribution is 0.582. The van der Waals surface area contributed by atoms with E-state index in [1.807, 2.05) is 0 Å². The molecule has 1 rings (SSSR count). The van der Waals surface area contributed by atoms with Crippen molar-refractivity contribution in [3.8, 4) is 6.07 Å². The molecule has 86 valence electrons. The molecular weight excluding hydrogens is 253 g/mol. The number of rotatable bonds is 3. The molecule has 3 nitrogen and oxygen atoms in total. The molecule has 0 spiro atoms. The van der Waals surface area contributed by atoms with Gasteiger partial charge in [-0.2, -0.15) is 5.26 Å². The molecule has 0 aromatic heterocycles. The zero-order valence-electron chi connectivity index (χ0n) is 8.44. The molecule has 6 heteroatoms. The van der Waals surface area contributed by atoms with Gasteiger partial charge in [-0.25, -0.2) is 12.8 Å². The van der Waals surface area contributed by atoms with Gasteiger partial charge in [0.05, 0.1) is 10.1 Å². The fourth-order valence-corrected chi connectivity index (χ4v) is 2.94. The van der Waals surface area contributed by atoms with Gasteiger partial charge in [0.25, 0.3) is 0 Å². The molecule has 0 radical (unpaired) electrons. The normalized spacial score (nSPS) is 13.1. The van der Waals surface area contributed by atoms with Crippen LogP contribution in [0.25, 0.3) is 0 Å². The summed E-state index contributed by atoms with van der Waals surface area (Å²) in [4.78, 5) is -0.303. The quantitative estimate of drug-likeness (QED) is 0.783. The monoisotopic (exact) mass is 261 g/mol. The van der Waals surface area contributed by atoms with Crippen molar-refractivity contribution in [1.82, 2.24) is 0 Å². The smallest absolute Gasteiger partial charge is 0.183 e. The van der Waals surface area contributed by atoms with Crippen molar-refractivity contribution in [2.45, 2.75) is 17.1 Å². The molecule has 0 aliphatic carbocycles. The highest BCUT2D eigenvalue weighted by molar-refractivity contribution is 7.92. The third kappa shape index (κ3) is 2.18. The van der Waals surface area contributed by atoms with Gasteiger partial charge >= 0.3 is 0 Å². The van der Waals surface area contributed by atoms with E-state index in [9.17, 15) is 12.8 Å². The van der Waals surface area contributed by atoms with Crippen LogP contribution < -0.4 is 0 Å². The number of nitrogens with zero attached hydrogens (tertiary/aromatic N) is 1. The maximum atomic E-state index is 13.2. The summed E-state index contributed by atoms with van der Waals surface area (Å²) in [5.41, 5.74) is -0.459. The second kappa shape index (κ2) is 4.81. The maximum Gasteiger partial charge on any atom is 0.183 e. The molecule has 0 aliphatic rings. The Morgan fingerprint density at radius 2 is 2.19 bits per heavy atom. The highest BCUT2D eigenvalue weighted by Crippen LogP contribution is 2.22. The highest BCUT2D eigenvalue weighted by atomic mass is 35.5. The minimum Gasteiger partial charge on any atom is -0.223 e. The minimum absolute atomic E-state index is 0.107. The number of hydrogen-bond donors (Lipinski definition) is 0. The van der Waals surface area contributed by atoms with E-state index in [1.54, 1.807) is 6.07 Å². The maximum absolute atomic E-state index is 13.2. The summed E-state index contributed by atoms with van der Waals surface area (Å²) in [5, 5.41) is 7.87. The van der Waals surface area contributed by atoms with E-state index in [1.165, 1.54) is 19.1 Å². The number of alkyl halides is 1. The van der Waals surface area contributed by atoms with Crippen molar-refractivity contribution in [2.75, 3.05) is 5.88 Å². The molecular formula is C10H9ClFNO2S. The second-order valence-electron chi connectivity index (χ2n) is 3.23. The van der Waals surface area contributed by atoms with Crippen molar-refractivity contribution >= 4 is 21.4 Å². The SMILES string of the molecule is CC(CCl)S(=O)(=O)c1cccc(F)c1C#N. The van der Waals surface area contributed by atoms with Crippen molar-refractivity contribution in [3.05, 3.63) is 29.6 Å². The summed E-state index contributed by atoms with van der Waals surface area (Å²) in [7, 11) is -3.75. The summed E-state index contributed by atoms with van der Waals surface area (Å²) >= 11 is 5.47. The molecule has 16 heavy (non-hydrogen) atoms. The van der Waals surface area contributed by atoms with Gasteiger partial charge in [-0.15, -0.1) is 11.6 Å². The minimum atomic E-state index is -3.75. The third-order valence-corrected chi connectivity index (χ3v) is 4.97. The van der Waals surface area contributed by atoms with E-state index in [-0.39, 0.29) is 10.8 Å². The predicted molar refractivity (Wildman–Crippen MR) is 58.5 cm³/mol. The molecule has 0 saturated carbocycles. The Morgan fingerprint density at radius 3 is 2.69 bits per heavy atom. The average molecular weight is 262 g/mol. The zero-order valence-corrected chi connectivity index (χ0v) is 10.0. The highest BCUT2D eigenvalue weighted by Gasteiger charge is 2.26. The van der Waals surface area contributed by atoms with Gasteiger partial charge in [0, 0.05) is 5.88 Å². The van der Waals surface area contributed by atoms with Gasteiger partial charge in [0.15, 0.2) is 9.84 Å². The molecule has 0 saturated heterocycles. The fraction of sp³-hybridized carbons (Fsp3) is 0.300. The lowest BCUT2D eigenvalue weighted by atomic mass is 10.2. The van der Waals surface area contributed by atoms with Crippen LogP contribution in [0.5, 0.6) is 0 Å². The van der Waals surface area contributed by atoms with Crippen LogP contribution in [0.2, 0.25) is 0 Å². The first kappa shape index (κ1) is 12.9. The van der Waals surface area contributed by atoms with Crippen molar-refractivity contribution in [3.63, 3.8) is 0 Å². The van der Waals surface area contributed by atoms with Crippen LogP contribution >= 0.6 is 11.6 Å². The first-order chi connectivity index (χ1) is 7.45. The standard InChI is InChI=1S/C10H9ClFNO2S/c1-7(5-11)16(14,15)10-4-2-3-9(12)8(10)6-13/h2-4,7H,5H2,1H3. The summed E-state index contributed by atoms with van der Waals surface area (Å²) in [6, 6.07) is 5.06. The molecule has 0 heterocycles. The fourth-order valence-electron chi connectivity index (χ4n) is 1.15. The molecule has 0 fully saturated rings. The van der Waals surface area contributed by atoms with Crippen molar-refractivity contribution in [1.29, 1.82) is 5.26 Å². The molecule has 1 unspecified atom stereocenters. The number of benzene rings is 1. The Bertz CT molecular complexity index is 536. The van der Waals surface area contributed by atoms with E-state index in [0.29, 0.717) is 0 Å². The van der Waals surface area contributed by atoms with E-state index in [4.69, 9.17) is 16.9 Å². The summed E-state index contributed by atoms with van der Waals surface area (Å²) in [6.07, 6.45) is 0. The van der Waals surface area contributed by atoms with Gasteiger partial charge in [0.1, 0.15) is 17.4 Å². The van der Waals surface area contributed by atoms with Crippen LogP contribution in [0.1, 0.15) is 12.5 Å². The summed E-state index contributed by atoms with van der Waals surface area (Å²) in [5.74, 6) is -0.950. The Balaban J connectivity index is 3.47.